The van der Waals surface area contributed by atoms with Crippen molar-refractivity contribution in [3.8, 4) is 0 Å². The summed E-state index contributed by atoms with van der Waals surface area (Å²) in [5, 5.41) is 0. The monoisotopic (exact) mass is 390 g/mol. The molecule has 3 rings (SSSR count). The second-order valence-corrected chi connectivity index (χ2v) is 7.83. The number of aryl methyl sites for hydroxylation is 2. The summed E-state index contributed by atoms with van der Waals surface area (Å²) in [6, 6.07) is 16.0. The number of amides is 2. The van der Waals surface area contributed by atoms with Crippen molar-refractivity contribution in [3.63, 3.8) is 0 Å². The molecule has 0 unspecified atom stereocenters. The smallest absolute Gasteiger partial charge is 0.277 e. The van der Waals surface area contributed by atoms with Crippen LogP contribution < -0.4 is 0 Å². The van der Waals surface area contributed by atoms with Crippen molar-refractivity contribution in [2.45, 2.75) is 46.6 Å². The fourth-order valence-electron chi connectivity index (χ4n) is 3.73. The second kappa shape index (κ2) is 9.08. The highest BCUT2D eigenvalue weighted by Crippen LogP contribution is 2.33. The van der Waals surface area contributed by atoms with Gasteiger partial charge in [-0.1, -0.05) is 68.3 Å². The molecule has 1 aliphatic heterocycles. The van der Waals surface area contributed by atoms with Gasteiger partial charge in [-0.2, -0.15) is 0 Å². The van der Waals surface area contributed by atoms with Crippen LogP contribution in [0.25, 0.3) is 5.57 Å². The fourth-order valence-corrected chi connectivity index (χ4v) is 3.73. The van der Waals surface area contributed by atoms with Crippen LogP contribution in [-0.4, -0.2) is 35.2 Å². The zero-order valence-electron chi connectivity index (χ0n) is 17.9. The van der Waals surface area contributed by atoms with E-state index in [9.17, 15) is 9.59 Å². The van der Waals surface area contributed by atoms with Crippen molar-refractivity contribution >= 4 is 17.4 Å². The van der Waals surface area contributed by atoms with Crippen molar-refractivity contribution < 1.29 is 9.59 Å². The number of imide groups is 1. The maximum absolute atomic E-state index is 13.3. The summed E-state index contributed by atoms with van der Waals surface area (Å²) in [7, 11) is 1.89. The van der Waals surface area contributed by atoms with Gasteiger partial charge >= 0.3 is 0 Å². The van der Waals surface area contributed by atoms with E-state index in [-0.39, 0.29) is 11.8 Å². The molecule has 0 N–H and O–H groups in total. The first-order chi connectivity index (χ1) is 13.9. The Morgan fingerprint density at radius 2 is 1.62 bits per heavy atom. The predicted molar refractivity (Wildman–Crippen MR) is 117 cm³/mol. The van der Waals surface area contributed by atoms with Gasteiger partial charge in [0.05, 0.1) is 5.57 Å². The summed E-state index contributed by atoms with van der Waals surface area (Å²) >= 11 is 0. The third-order valence-corrected chi connectivity index (χ3v) is 5.57. The van der Waals surface area contributed by atoms with E-state index in [4.69, 9.17) is 0 Å². The Morgan fingerprint density at radius 1 is 0.897 bits per heavy atom. The molecule has 0 saturated carbocycles. The summed E-state index contributed by atoms with van der Waals surface area (Å²) in [4.78, 5) is 29.9. The fraction of sp³-hybridized carbons (Fsp3) is 0.360. The second-order valence-electron chi connectivity index (χ2n) is 7.83. The Labute approximate surface area is 173 Å². The maximum atomic E-state index is 13.3. The molecule has 1 aliphatic rings. The van der Waals surface area contributed by atoms with E-state index in [0.717, 1.165) is 36.0 Å². The van der Waals surface area contributed by atoms with Crippen molar-refractivity contribution in [2.75, 3.05) is 13.6 Å². The Hall–Kier alpha value is -2.88. The van der Waals surface area contributed by atoms with Gasteiger partial charge in [-0.05, 0) is 42.5 Å². The summed E-state index contributed by atoms with van der Waals surface area (Å²) in [6.45, 7) is 7.25. The van der Waals surface area contributed by atoms with Gasteiger partial charge < -0.3 is 4.90 Å². The third-order valence-electron chi connectivity index (χ3n) is 5.57. The Kier molecular flexibility index (Phi) is 6.53. The van der Waals surface area contributed by atoms with Crippen LogP contribution in [0.1, 0.15) is 48.4 Å². The zero-order valence-corrected chi connectivity index (χ0v) is 17.9. The maximum Gasteiger partial charge on any atom is 0.277 e. The van der Waals surface area contributed by atoms with Gasteiger partial charge in [-0.3, -0.25) is 14.5 Å². The largest absolute Gasteiger partial charge is 0.365 e. The Balaban J connectivity index is 2.00. The number of carbonyl (C=O) groups excluding carboxylic acids is 2. The van der Waals surface area contributed by atoms with Crippen LogP contribution in [0.4, 0.5) is 0 Å². The number of likely N-dealkylation sites (N-methyl/N-ethyl adjacent to an activating group) is 1. The molecule has 0 aromatic heterocycles. The average molecular weight is 391 g/mol. The average Bonchev–Trinajstić information content (AvgIpc) is 2.95. The number of rotatable bonds is 8. The summed E-state index contributed by atoms with van der Waals surface area (Å²) in [5.74, 6) is -0.359. The van der Waals surface area contributed by atoms with Crippen molar-refractivity contribution in [1.82, 2.24) is 9.80 Å². The van der Waals surface area contributed by atoms with E-state index in [2.05, 4.69) is 13.8 Å². The molecule has 2 aromatic carbocycles. The van der Waals surface area contributed by atoms with Crippen LogP contribution in [0, 0.1) is 13.8 Å². The van der Waals surface area contributed by atoms with Crippen molar-refractivity contribution in [2.24, 2.45) is 0 Å². The first-order valence-electron chi connectivity index (χ1n) is 10.4. The first-order valence-corrected chi connectivity index (χ1v) is 10.4. The highest BCUT2D eigenvalue weighted by Gasteiger charge is 2.40. The van der Waals surface area contributed by atoms with Gasteiger partial charge in [0.1, 0.15) is 5.70 Å². The number of nitrogens with zero attached hydrogens (tertiary/aromatic N) is 2. The predicted octanol–water partition coefficient (Wildman–Crippen LogP) is 4.71. The lowest BCUT2D eigenvalue weighted by atomic mass is 9.99. The number of carbonyl (C=O) groups is 2. The Bertz CT molecular complexity index is 931. The molecule has 0 radical (unpaired) electrons. The van der Waals surface area contributed by atoms with Crippen LogP contribution in [-0.2, 0) is 16.1 Å². The minimum Gasteiger partial charge on any atom is -0.365 e. The normalized spacial score (nSPS) is 14.1. The van der Waals surface area contributed by atoms with Gasteiger partial charge in [0.2, 0.25) is 0 Å². The quantitative estimate of drug-likeness (QED) is 0.484. The zero-order chi connectivity index (χ0) is 21.0. The SMILES string of the molecule is CCCCCN1C(=O)C(c2ccc(C)c(C)c2)=C(N(C)Cc2ccccc2)C1=O. The molecule has 1 heterocycles. The molecule has 0 spiro atoms. The van der Waals surface area contributed by atoms with Crippen LogP contribution >= 0.6 is 0 Å². The van der Waals surface area contributed by atoms with E-state index in [1.807, 2.05) is 67.4 Å². The molecule has 0 bridgehead atoms. The summed E-state index contributed by atoms with van der Waals surface area (Å²) in [5.41, 5.74) is 5.23. The van der Waals surface area contributed by atoms with Gasteiger partial charge in [0.15, 0.2) is 0 Å². The number of hydrogen-bond donors (Lipinski definition) is 0. The highest BCUT2D eigenvalue weighted by atomic mass is 16.2. The number of hydrogen-bond acceptors (Lipinski definition) is 3. The molecule has 2 aromatic rings. The van der Waals surface area contributed by atoms with E-state index in [1.165, 1.54) is 10.5 Å². The highest BCUT2D eigenvalue weighted by molar-refractivity contribution is 6.35. The molecule has 152 valence electrons. The molecule has 0 aliphatic carbocycles. The lowest BCUT2D eigenvalue weighted by Gasteiger charge is -2.21. The van der Waals surface area contributed by atoms with E-state index in [0.29, 0.717) is 24.4 Å². The molecule has 4 nitrogen and oxygen atoms in total. The van der Waals surface area contributed by atoms with Crippen LogP contribution in [0.15, 0.2) is 54.2 Å². The van der Waals surface area contributed by atoms with Crippen LogP contribution in [0.5, 0.6) is 0 Å². The minimum atomic E-state index is -0.183. The molecule has 0 fully saturated rings. The third kappa shape index (κ3) is 4.42. The van der Waals surface area contributed by atoms with Crippen molar-refractivity contribution in [1.29, 1.82) is 0 Å². The number of benzene rings is 2. The van der Waals surface area contributed by atoms with E-state index < -0.39 is 0 Å². The standard InChI is InChI=1S/C25H30N2O2/c1-5-6-10-15-27-24(28)22(21-14-13-18(2)19(3)16-21)23(25(27)29)26(4)17-20-11-8-7-9-12-20/h7-9,11-14,16H,5-6,10,15,17H2,1-4H3. The summed E-state index contributed by atoms with van der Waals surface area (Å²) < 4.78 is 0. The topological polar surface area (TPSA) is 40.6 Å². The molecule has 0 atom stereocenters. The van der Waals surface area contributed by atoms with E-state index >= 15 is 0 Å². The first kappa shape index (κ1) is 20.8. The van der Waals surface area contributed by atoms with Gasteiger partial charge in [0.25, 0.3) is 11.8 Å². The molecule has 0 saturated heterocycles. The lowest BCUT2D eigenvalue weighted by molar-refractivity contribution is -0.137. The summed E-state index contributed by atoms with van der Waals surface area (Å²) in [6.07, 6.45) is 2.89. The van der Waals surface area contributed by atoms with Crippen LogP contribution in [0.2, 0.25) is 0 Å². The molecule has 4 heteroatoms. The molecular weight excluding hydrogens is 360 g/mol. The van der Waals surface area contributed by atoms with Crippen LogP contribution in [0.3, 0.4) is 0 Å². The van der Waals surface area contributed by atoms with Gasteiger partial charge in [-0.25, -0.2) is 0 Å². The minimum absolute atomic E-state index is 0.177. The van der Waals surface area contributed by atoms with Crippen molar-refractivity contribution in [3.05, 3.63) is 76.5 Å². The lowest BCUT2D eigenvalue weighted by Crippen LogP contribution is -2.34. The Morgan fingerprint density at radius 3 is 2.28 bits per heavy atom. The van der Waals surface area contributed by atoms with Gasteiger partial charge in [-0.15, -0.1) is 0 Å². The molecule has 2 amide bonds. The van der Waals surface area contributed by atoms with Gasteiger partial charge in [0, 0.05) is 20.1 Å². The molecular formula is C25H30N2O2. The molecule has 29 heavy (non-hydrogen) atoms. The number of unbranched alkanes of at least 4 members (excludes halogenated alkanes) is 2. The van der Waals surface area contributed by atoms with E-state index in [1.54, 1.807) is 0 Å².